The molecule has 8 heteroatoms. The molecule has 3 aromatic rings. The Kier molecular flexibility index (Phi) is 5.62. The first-order valence-electron chi connectivity index (χ1n) is 10.0. The molecule has 1 amide bonds. The van der Waals surface area contributed by atoms with E-state index in [-0.39, 0.29) is 17.5 Å². The van der Waals surface area contributed by atoms with Gasteiger partial charge in [0.15, 0.2) is 0 Å². The normalized spacial score (nSPS) is 14.2. The highest BCUT2D eigenvalue weighted by atomic mass is 32.1. The molecule has 30 heavy (non-hydrogen) atoms. The van der Waals surface area contributed by atoms with Crippen LogP contribution < -0.4 is 15.6 Å². The Hall–Kier alpha value is -2.71. The van der Waals surface area contributed by atoms with E-state index < -0.39 is 0 Å². The fraction of sp³-hybridized carbons (Fsp3) is 0.409. The lowest BCUT2D eigenvalue weighted by atomic mass is 10.1. The number of aryl methyl sites for hydroxylation is 2. The number of aromatic nitrogens is 2. The monoisotopic (exact) mass is 426 g/mol. The van der Waals surface area contributed by atoms with Crippen LogP contribution in [0.3, 0.4) is 0 Å². The van der Waals surface area contributed by atoms with Gasteiger partial charge in [0.05, 0.1) is 23.4 Å². The minimum absolute atomic E-state index is 0.0158. The Morgan fingerprint density at radius 1 is 1.33 bits per heavy atom. The van der Waals surface area contributed by atoms with E-state index in [0.717, 1.165) is 35.5 Å². The fourth-order valence-corrected chi connectivity index (χ4v) is 5.09. The summed E-state index contributed by atoms with van der Waals surface area (Å²) in [6.07, 6.45) is 1.76. The van der Waals surface area contributed by atoms with Gasteiger partial charge in [-0.25, -0.2) is 4.98 Å². The second-order valence-electron chi connectivity index (χ2n) is 7.79. The molecule has 1 aliphatic heterocycles. The highest BCUT2D eigenvalue weighted by Gasteiger charge is 2.24. The number of amides is 1. The number of rotatable bonds is 6. The Morgan fingerprint density at radius 2 is 2.07 bits per heavy atom. The number of methoxy groups -OCH3 is 1. The minimum Gasteiger partial charge on any atom is -0.497 e. The van der Waals surface area contributed by atoms with Crippen LogP contribution in [0, 0.1) is 6.92 Å². The molecule has 2 aromatic heterocycles. The third-order valence-electron chi connectivity index (χ3n) is 5.70. The molecule has 0 radical (unpaired) electrons. The van der Waals surface area contributed by atoms with Gasteiger partial charge in [0.1, 0.15) is 16.4 Å². The van der Waals surface area contributed by atoms with Crippen LogP contribution >= 0.6 is 11.3 Å². The third-order valence-corrected chi connectivity index (χ3v) is 6.88. The van der Waals surface area contributed by atoms with Gasteiger partial charge < -0.3 is 15.0 Å². The zero-order valence-corrected chi connectivity index (χ0v) is 18.5. The van der Waals surface area contributed by atoms with Gasteiger partial charge in [0.2, 0.25) is 0 Å². The molecule has 0 saturated carbocycles. The Balaban J connectivity index is 1.57. The molecule has 0 saturated heterocycles. The predicted molar refractivity (Wildman–Crippen MR) is 119 cm³/mol. The van der Waals surface area contributed by atoms with Crippen molar-refractivity contribution < 1.29 is 9.53 Å². The van der Waals surface area contributed by atoms with Crippen molar-refractivity contribution in [3.8, 4) is 5.75 Å². The maximum Gasteiger partial charge on any atom is 0.262 e. The number of nitrogens with zero attached hydrogens (tertiary/aromatic N) is 3. The van der Waals surface area contributed by atoms with E-state index >= 15 is 0 Å². The van der Waals surface area contributed by atoms with Crippen LogP contribution in [0.4, 0.5) is 0 Å². The van der Waals surface area contributed by atoms with Crippen molar-refractivity contribution in [1.29, 1.82) is 0 Å². The quantitative estimate of drug-likeness (QED) is 0.656. The number of nitrogens with one attached hydrogen (secondary N) is 1. The van der Waals surface area contributed by atoms with Gasteiger partial charge in [-0.05, 0) is 50.7 Å². The standard InChI is InChI=1S/C22H26N4O3S/c1-13-18-21(24-17-6-5-11-26(17)22(18)28)30-19(13)20(27)23-12-16(25(2)3)14-7-9-15(29-4)10-8-14/h7-10,16H,5-6,11-12H2,1-4H3,(H,23,27)/t16-/m1/s1. The molecule has 158 valence electrons. The molecular formula is C22H26N4O3S. The van der Waals surface area contributed by atoms with Gasteiger partial charge in [-0.3, -0.25) is 14.2 Å². The largest absolute Gasteiger partial charge is 0.497 e. The van der Waals surface area contributed by atoms with Gasteiger partial charge in [0, 0.05) is 19.5 Å². The van der Waals surface area contributed by atoms with Crippen LogP contribution in [0.1, 0.15) is 39.1 Å². The van der Waals surface area contributed by atoms with Crippen LogP contribution in [0.15, 0.2) is 29.1 Å². The summed E-state index contributed by atoms with van der Waals surface area (Å²) in [6, 6.07) is 7.87. The van der Waals surface area contributed by atoms with Crippen molar-refractivity contribution >= 4 is 27.5 Å². The van der Waals surface area contributed by atoms with Crippen molar-refractivity contribution in [2.75, 3.05) is 27.7 Å². The summed E-state index contributed by atoms with van der Waals surface area (Å²) < 4.78 is 6.98. The first-order valence-corrected chi connectivity index (χ1v) is 10.8. The second kappa shape index (κ2) is 8.20. The first-order chi connectivity index (χ1) is 14.4. The minimum atomic E-state index is -0.166. The SMILES string of the molecule is COc1ccc([C@@H](CNC(=O)c2sc3nc4n(c(=O)c3c2C)CCC4)N(C)C)cc1. The predicted octanol–water partition coefficient (Wildman–Crippen LogP) is 2.75. The van der Waals surface area contributed by atoms with Crippen molar-refractivity contribution in [1.82, 2.24) is 19.8 Å². The van der Waals surface area contributed by atoms with Crippen molar-refractivity contribution in [2.45, 2.75) is 32.4 Å². The summed E-state index contributed by atoms with van der Waals surface area (Å²) in [5.41, 5.74) is 1.79. The number of benzene rings is 1. The van der Waals surface area contributed by atoms with Gasteiger partial charge in [0.25, 0.3) is 11.5 Å². The molecule has 4 rings (SSSR count). The highest BCUT2D eigenvalue weighted by Crippen LogP contribution is 2.29. The fourth-order valence-electron chi connectivity index (χ4n) is 3.99. The summed E-state index contributed by atoms with van der Waals surface area (Å²) in [4.78, 5) is 33.8. The Morgan fingerprint density at radius 3 is 2.73 bits per heavy atom. The van der Waals surface area contributed by atoms with Crippen molar-refractivity contribution in [2.24, 2.45) is 0 Å². The summed E-state index contributed by atoms with van der Waals surface area (Å²) in [5, 5.41) is 3.63. The number of hydrogen-bond donors (Lipinski definition) is 1. The molecule has 1 atom stereocenters. The lowest BCUT2D eigenvalue weighted by Crippen LogP contribution is -2.34. The molecule has 1 aliphatic rings. The molecule has 0 unspecified atom stereocenters. The van der Waals surface area contributed by atoms with Crippen LogP contribution in [-0.2, 0) is 13.0 Å². The molecule has 7 nitrogen and oxygen atoms in total. The van der Waals surface area contributed by atoms with Crippen molar-refractivity contribution in [3.05, 3.63) is 56.4 Å². The number of thiophene rings is 1. The van der Waals surface area contributed by atoms with Crippen LogP contribution in [0.25, 0.3) is 10.2 Å². The molecule has 0 fully saturated rings. The zero-order valence-electron chi connectivity index (χ0n) is 17.7. The molecule has 0 aliphatic carbocycles. The average Bonchev–Trinajstić information content (AvgIpc) is 3.33. The molecule has 3 heterocycles. The number of likely N-dealkylation sites (N-methyl/N-ethyl adjacent to an activating group) is 1. The average molecular weight is 427 g/mol. The lowest BCUT2D eigenvalue weighted by molar-refractivity contribution is 0.0945. The van der Waals surface area contributed by atoms with Gasteiger partial charge in [-0.1, -0.05) is 12.1 Å². The van der Waals surface area contributed by atoms with Gasteiger partial charge in [-0.15, -0.1) is 11.3 Å². The highest BCUT2D eigenvalue weighted by molar-refractivity contribution is 7.20. The Bertz CT molecular complexity index is 1150. The summed E-state index contributed by atoms with van der Waals surface area (Å²) >= 11 is 1.31. The number of fused-ring (bicyclic) bond motifs is 2. The number of carbonyl (C=O) groups is 1. The summed E-state index contributed by atoms with van der Waals surface area (Å²) in [7, 11) is 5.61. The van der Waals surface area contributed by atoms with Crippen molar-refractivity contribution in [3.63, 3.8) is 0 Å². The smallest absolute Gasteiger partial charge is 0.262 e. The lowest BCUT2D eigenvalue weighted by Gasteiger charge is -2.25. The van der Waals surface area contributed by atoms with Gasteiger partial charge >= 0.3 is 0 Å². The zero-order chi connectivity index (χ0) is 21.4. The second-order valence-corrected chi connectivity index (χ2v) is 8.79. The first kappa shape index (κ1) is 20.6. The molecule has 1 aromatic carbocycles. The topological polar surface area (TPSA) is 76.5 Å². The van der Waals surface area contributed by atoms with E-state index in [9.17, 15) is 9.59 Å². The number of carbonyl (C=O) groups excluding carboxylic acids is 1. The number of ether oxygens (including phenoxy) is 1. The number of hydrogen-bond acceptors (Lipinski definition) is 6. The van der Waals surface area contributed by atoms with Crippen LogP contribution in [0.5, 0.6) is 5.75 Å². The third kappa shape index (κ3) is 3.61. The van der Waals surface area contributed by atoms with E-state index in [1.54, 1.807) is 11.7 Å². The van der Waals surface area contributed by atoms with E-state index in [1.807, 2.05) is 45.3 Å². The maximum atomic E-state index is 13.0. The van der Waals surface area contributed by atoms with E-state index in [0.29, 0.717) is 28.2 Å². The van der Waals surface area contributed by atoms with E-state index in [1.165, 1.54) is 11.3 Å². The Labute approximate surface area is 179 Å². The molecular weight excluding hydrogens is 400 g/mol. The molecule has 0 spiro atoms. The van der Waals surface area contributed by atoms with Gasteiger partial charge in [-0.2, -0.15) is 0 Å². The molecule has 1 N–H and O–H groups in total. The maximum absolute atomic E-state index is 13.0. The summed E-state index contributed by atoms with van der Waals surface area (Å²) in [6.45, 7) is 3.00. The molecule has 0 bridgehead atoms. The van der Waals surface area contributed by atoms with Crippen LogP contribution in [-0.4, -0.2) is 48.1 Å². The van der Waals surface area contributed by atoms with E-state index in [4.69, 9.17) is 4.74 Å². The summed E-state index contributed by atoms with van der Waals surface area (Å²) in [5.74, 6) is 1.46. The van der Waals surface area contributed by atoms with Crippen LogP contribution in [0.2, 0.25) is 0 Å². The van der Waals surface area contributed by atoms with E-state index in [2.05, 4.69) is 15.2 Å².